The van der Waals surface area contributed by atoms with E-state index in [-0.39, 0.29) is 17.2 Å². The predicted octanol–water partition coefficient (Wildman–Crippen LogP) is 4.02. The molecule has 3 heterocycles. The second-order valence-corrected chi connectivity index (χ2v) is 9.95. The van der Waals surface area contributed by atoms with Crippen LogP contribution in [0.2, 0.25) is 0 Å². The van der Waals surface area contributed by atoms with Gasteiger partial charge >= 0.3 is 0 Å². The monoisotopic (exact) mass is 465 g/mol. The predicted molar refractivity (Wildman–Crippen MR) is 129 cm³/mol. The molecule has 0 unspecified atom stereocenters. The summed E-state index contributed by atoms with van der Waals surface area (Å²) in [5, 5.41) is 8.88. The second-order valence-electron chi connectivity index (χ2n) is 7.93. The van der Waals surface area contributed by atoms with E-state index in [1.165, 1.54) is 22.2 Å². The maximum atomic E-state index is 12.9. The molecule has 0 bridgehead atoms. The summed E-state index contributed by atoms with van der Waals surface area (Å²) < 4.78 is 3.39. The van der Waals surface area contributed by atoms with E-state index in [0.29, 0.717) is 10.8 Å². The number of hydrogen-bond donors (Lipinski definition) is 1. The van der Waals surface area contributed by atoms with E-state index < -0.39 is 0 Å². The summed E-state index contributed by atoms with van der Waals surface area (Å²) in [5.74, 6) is 0.00329. The molecular formula is C23H23N5O2S2. The summed E-state index contributed by atoms with van der Waals surface area (Å²) in [4.78, 5) is 32.4. The lowest BCUT2D eigenvalue weighted by Crippen LogP contribution is -2.21. The third-order valence-corrected chi connectivity index (χ3v) is 8.01. The molecule has 1 N–H and O–H groups in total. The van der Waals surface area contributed by atoms with E-state index in [1.54, 1.807) is 23.0 Å². The zero-order valence-electron chi connectivity index (χ0n) is 18.1. The van der Waals surface area contributed by atoms with Crippen molar-refractivity contribution in [2.24, 2.45) is 7.05 Å². The number of rotatable bonds is 5. The first-order valence-electron chi connectivity index (χ1n) is 10.5. The fourth-order valence-electron chi connectivity index (χ4n) is 4.18. The fraction of sp³-hybridized carbons (Fsp3) is 0.304. The molecule has 0 aliphatic heterocycles. The van der Waals surface area contributed by atoms with Gasteiger partial charge in [0, 0.05) is 11.9 Å². The Morgan fingerprint density at radius 3 is 2.78 bits per heavy atom. The maximum Gasteiger partial charge on any atom is 0.262 e. The molecular weight excluding hydrogens is 442 g/mol. The van der Waals surface area contributed by atoms with Crippen LogP contribution in [0.15, 0.2) is 40.3 Å². The Balaban J connectivity index is 1.34. The largest absolute Gasteiger partial charge is 0.322 e. The van der Waals surface area contributed by atoms with Gasteiger partial charge in [-0.25, -0.2) is 9.67 Å². The van der Waals surface area contributed by atoms with E-state index in [9.17, 15) is 9.59 Å². The third-order valence-electron chi connectivity index (χ3n) is 5.79. The van der Waals surface area contributed by atoms with E-state index >= 15 is 0 Å². The number of benzene rings is 1. The molecule has 3 aromatic heterocycles. The van der Waals surface area contributed by atoms with E-state index in [0.717, 1.165) is 46.6 Å². The number of nitrogens with one attached hydrogen (secondary N) is 1. The van der Waals surface area contributed by atoms with Crippen molar-refractivity contribution in [2.75, 3.05) is 11.1 Å². The molecule has 0 fully saturated rings. The van der Waals surface area contributed by atoms with Crippen LogP contribution in [-0.4, -0.2) is 31.0 Å². The van der Waals surface area contributed by atoms with Gasteiger partial charge < -0.3 is 5.32 Å². The molecule has 0 radical (unpaired) electrons. The molecule has 0 spiro atoms. The van der Waals surface area contributed by atoms with Gasteiger partial charge in [0.2, 0.25) is 5.91 Å². The van der Waals surface area contributed by atoms with Crippen LogP contribution in [0.1, 0.15) is 28.2 Å². The average Bonchev–Trinajstić information content (AvgIpc) is 3.45. The Kier molecular flexibility index (Phi) is 5.38. The smallest absolute Gasteiger partial charge is 0.262 e. The molecule has 0 saturated carbocycles. The van der Waals surface area contributed by atoms with Crippen molar-refractivity contribution in [1.29, 1.82) is 0 Å². The fourth-order valence-corrected chi connectivity index (χ4v) is 6.26. The molecule has 0 atom stereocenters. The van der Waals surface area contributed by atoms with Crippen LogP contribution in [0, 0.1) is 13.8 Å². The molecule has 1 aromatic carbocycles. The van der Waals surface area contributed by atoms with Crippen LogP contribution >= 0.6 is 23.1 Å². The number of amides is 1. The lowest BCUT2D eigenvalue weighted by atomic mass is 10.2. The highest BCUT2D eigenvalue weighted by atomic mass is 32.2. The quantitative estimate of drug-likeness (QED) is 0.356. The molecule has 1 aliphatic rings. The first kappa shape index (κ1) is 21.0. The molecule has 4 aromatic rings. The maximum absolute atomic E-state index is 12.9. The molecule has 7 nitrogen and oxygen atoms in total. The van der Waals surface area contributed by atoms with Gasteiger partial charge in [-0.15, -0.1) is 11.3 Å². The number of aryl methyl sites for hydroxylation is 3. The zero-order chi connectivity index (χ0) is 22.4. The van der Waals surface area contributed by atoms with Crippen molar-refractivity contribution in [1.82, 2.24) is 19.3 Å². The van der Waals surface area contributed by atoms with Crippen LogP contribution in [0.25, 0.3) is 15.9 Å². The summed E-state index contributed by atoms with van der Waals surface area (Å²) in [6.45, 7) is 3.81. The van der Waals surface area contributed by atoms with E-state index in [1.807, 2.05) is 48.9 Å². The van der Waals surface area contributed by atoms with Crippen molar-refractivity contribution in [3.05, 3.63) is 62.5 Å². The Morgan fingerprint density at radius 2 is 2.00 bits per heavy atom. The molecule has 1 aliphatic carbocycles. The van der Waals surface area contributed by atoms with Gasteiger partial charge in [0.1, 0.15) is 4.83 Å². The minimum absolute atomic E-state index is 0.0202. The van der Waals surface area contributed by atoms with Crippen LogP contribution in [0.3, 0.4) is 0 Å². The number of thiophene rings is 1. The number of carbonyl (C=O) groups is 1. The molecule has 164 valence electrons. The van der Waals surface area contributed by atoms with Gasteiger partial charge in [0.05, 0.1) is 33.9 Å². The lowest BCUT2D eigenvalue weighted by Gasteiger charge is -2.09. The van der Waals surface area contributed by atoms with Gasteiger partial charge in [-0.2, -0.15) is 5.10 Å². The van der Waals surface area contributed by atoms with Gasteiger partial charge in [-0.1, -0.05) is 30.0 Å². The van der Waals surface area contributed by atoms with Crippen LogP contribution in [0.4, 0.5) is 5.69 Å². The van der Waals surface area contributed by atoms with Crippen molar-refractivity contribution < 1.29 is 4.79 Å². The highest BCUT2D eigenvalue weighted by Gasteiger charge is 2.23. The van der Waals surface area contributed by atoms with Gasteiger partial charge in [0.25, 0.3) is 5.56 Å². The van der Waals surface area contributed by atoms with Gasteiger partial charge in [-0.05, 0) is 50.8 Å². The number of fused-ring (bicyclic) bond motifs is 3. The highest BCUT2D eigenvalue weighted by molar-refractivity contribution is 7.99. The van der Waals surface area contributed by atoms with Crippen molar-refractivity contribution in [3.8, 4) is 5.69 Å². The summed E-state index contributed by atoms with van der Waals surface area (Å²) >= 11 is 2.89. The molecule has 32 heavy (non-hydrogen) atoms. The van der Waals surface area contributed by atoms with Crippen LogP contribution < -0.4 is 10.9 Å². The minimum Gasteiger partial charge on any atom is -0.322 e. The minimum atomic E-state index is -0.156. The summed E-state index contributed by atoms with van der Waals surface area (Å²) in [5.41, 5.74) is 4.43. The number of anilines is 1. The summed E-state index contributed by atoms with van der Waals surface area (Å²) in [6, 6.07) is 9.82. The Labute approximate surface area is 193 Å². The van der Waals surface area contributed by atoms with Crippen LogP contribution in [-0.2, 0) is 24.7 Å². The normalized spacial score (nSPS) is 13.0. The Morgan fingerprint density at radius 1 is 1.22 bits per heavy atom. The number of hydrogen-bond acceptors (Lipinski definition) is 6. The Bertz CT molecular complexity index is 1400. The molecule has 5 rings (SSSR count). The van der Waals surface area contributed by atoms with Crippen molar-refractivity contribution in [2.45, 2.75) is 38.3 Å². The number of para-hydroxylation sites is 1. The molecule has 1 amide bonds. The first-order chi connectivity index (χ1) is 15.4. The third kappa shape index (κ3) is 3.55. The van der Waals surface area contributed by atoms with Crippen molar-refractivity contribution in [3.63, 3.8) is 0 Å². The average molecular weight is 466 g/mol. The van der Waals surface area contributed by atoms with Gasteiger partial charge in [0.15, 0.2) is 5.16 Å². The summed E-state index contributed by atoms with van der Waals surface area (Å²) in [7, 11) is 1.73. The first-order valence-corrected chi connectivity index (χ1v) is 12.3. The van der Waals surface area contributed by atoms with Crippen LogP contribution in [0.5, 0.6) is 0 Å². The zero-order valence-corrected chi connectivity index (χ0v) is 19.8. The van der Waals surface area contributed by atoms with E-state index in [2.05, 4.69) is 10.4 Å². The lowest BCUT2D eigenvalue weighted by molar-refractivity contribution is -0.113. The standard InChI is InChI=1S/C23H23N5O2S2/c1-13-20(14(2)28(26-13)15-8-5-4-6-9-15)24-18(29)12-31-23-25-21-19(22(30)27(23)3)16-10-7-11-17(16)32-21/h4-6,8-9H,7,10-12H2,1-3H3,(H,24,29). The SMILES string of the molecule is Cc1nn(-c2ccccc2)c(C)c1NC(=O)CSc1nc2sc3c(c2c(=O)n1C)CCC3. The number of carbonyl (C=O) groups excluding carboxylic acids is 1. The number of thioether (sulfide) groups is 1. The highest BCUT2D eigenvalue weighted by Crippen LogP contribution is 2.35. The van der Waals surface area contributed by atoms with Gasteiger partial charge in [-0.3, -0.25) is 14.2 Å². The topological polar surface area (TPSA) is 81.8 Å². The number of nitrogens with zero attached hydrogens (tertiary/aromatic N) is 4. The summed E-state index contributed by atoms with van der Waals surface area (Å²) in [6.07, 6.45) is 3.09. The molecule has 0 saturated heterocycles. The number of aromatic nitrogens is 4. The van der Waals surface area contributed by atoms with Crippen molar-refractivity contribution >= 4 is 44.9 Å². The molecule has 9 heteroatoms. The second kappa shape index (κ2) is 8.22. The Hall–Kier alpha value is -2.91. The van der Waals surface area contributed by atoms with E-state index in [4.69, 9.17) is 4.98 Å².